The summed E-state index contributed by atoms with van der Waals surface area (Å²) in [5.74, 6) is 0.759. The van der Waals surface area contributed by atoms with Gasteiger partial charge in [-0.1, -0.05) is 13.8 Å². The summed E-state index contributed by atoms with van der Waals surface area (Å²) in [6, 6.07) is 2.17. The number of likely N-dealkylation sites (N-methyl/N-ethyl adjacent to an activating group) is 1. The zero-order valence-electron chi connectivity index (χ0n) is 10.6. The van der Waals surface area contributed by atoms with E-state index in [1.54, 1.807) is 0 Å². The molecule has 1 aliphatic carbocycles. The first-order valence-electron chi connectivity index (χ1n) is 6.41. The molecule has 3 heteroatoms. The first kappa shape index (κ1) is 13.5. The molecule has 0 heterocycles. The number of aliphatic hydroxyl groups is 1. The van der Waals surface area contributed by atoms with E-state index < -0.39 is 5.60 Å². The van der Waals surface area contributed by atoms with Crippen LogP contribution in [-0.4, -0.2) is 35.2 Å². The molecule has 0 radical (unpaired) electrons. The van der Waals surface area contributed by atoms with Gasteiger partial charge >= 0.3 is 0 Å². The van der Waals surface area contributed by atoms with Crippen LogP contribution in [0.25, 0.3) is 0 Å². The van der Waals surface area contributed by atoms with Crippen LogP contribution in [0, 0.1) is 17.2 Å². The molecule has 1 saturated carbocycles. The van der Waals surface area contributed by atoms with Crippen molar-refractivity contribution < 1.29 is 5.11 Å². The Hall–Kier alpha value is -0.590. The summed E-state index contributed by atoms with van der Waals surface area (Å²) in [5.41, 5.74) is -0.502. The molecule has 0 spiro atoms. The molecule has 0 aromatic heterocycles. The van der Waals surface area contributed by atoms with Gasteiger partial charge in [0.25, 0.3) is 0 Å². The van der Waals surface area contributed by atoms with Gasteiger partial charge in [-0.05, 0) is 38.1 Å². The fraction of sp³-hybridized carbons (Fsp3) is 0.923. The molecule has 1 aliphatic rings. The Balaban J connectivity index is 2.41. The quantitative estimate of drug-likeness (QED) is 0.778. The smallest absolute Gasteiger partial charge is 0.0774 e. The summed E-state index contributed by atoms with van der Waals surface area (Å²) in [6.45, 7) is 6.78. The summed E-state index contributed by atoms with van der Waals surface area (Å²) in [7, 11) is 0. The summed E-state index contributed by atoms with van der Waals surface area (Å²) >= 11 is 0. The van der Waals surface area contributed by atoms with E-state index in [2.05, 4.69) is 24.8 Å². The third-order valence-electron chi connectivity index (χ3n) is 3.71. The minimum Gasteiger partial charge on any atom is -0.389 e. The van der Waals surface area contributed by atoms with E-state index in [-0.39, 0.29) is 0 Å². The van der Waals surface area contributed by atoms with Gasteiger partial charge in [0.1, 0.15) is 0 Å². The Kier molecular flexibility index (Phi) is 5.24. The topological polar surface area (TPSA) is 47.3 Å². The van der Waals surface area contributed by atoms with Gasteiger partial charge in [-0.15, -0.1) is 0 Å². The van der Waals surface area contributed by atoms with E-state index >= 15 is 0 Å². The van der Waals surface area contributed by atoms with E-state index in [0.29, 0.717) is 6.42 Å². The standard InChI is InChI=1S/C13H24N2O/c1-3-15(10-4-9-14)11-13(16)7-5-12(2)6-8-13/h12,16H,3-8,10-11H2,1-2H3. The van der Waals surface area contributed by atoms with Crippen LogP contribution in [0.5, 0.6) is 0 Å². The number of rotatable bonds is 5. The molecular weight excluding hydrogens is 200 g/mol. The molecule has 1 fully saturated rings. The highest BCUT2D eigenvalue weighted by molar-refractivity contribution is 4.87. The molecule has 3 nitrogen and oxygen atoms in total. The van der Waals surface area contributed by atoms with E-state index in [4.69, 9.17) is 5.26 Å². The van der Waals surface area contributed by atoms with Crippen LogP contribution in [0.1, 0.15) is 46.0 Å². The van der Waals surface area contributed by atoms with Crippen molar-refractivity contribution in [2.45, 2.75) is 51.6 Å². The molecule has 0 aromatic rings. The number of hydrogen-bond donors (Lipinski definition) is 1. The van der Waals surface area contributed by atoms with Gasteiger partial charge in [0.05, 0.1) is 11.7 Å². The lowest BCUT2D eigenvalue weighted by Crippen LogP contribution is -2.45. The minimum atomic E-state index is -0.502. The highest BCUT2D eigenvalue weighted by atomic mass is 16.3. The molecule has 0 saturated heterocycles. The molecule has 1 rings (SSSR count). The Bertz CT molecular complexity index is 239. The lowest BCUT2D eigenvalue weighted by Gasteiger charge is -2.38. The van der Waals surface area contributed by atoms with Crippen molar-refractivity contribution in [3.05, 3.63) is 0 Å². The normalized spacial score (nSPS) is 30.3. The molecule has 0 atom stereocenters. The molecule has 92 valence electrons. The van der Waals surface area contributed by atoms with Gasteiger partial charge in [0.15, 0.2) is 0 Å². The van der Waals surface area contributed by atoms with Crippen LogP contribution < -0.4 is 0 Å². The third kappa shape index (κ3) is 4.11. The van der Waals surface area contributed by atoms with E-state index in [0.717, 1.165) is 51.2 Å². The van der Waals surface area contributed by atoms with Crippen molar-refractivity contribution in [3.63, 3.8) is 0 Å². The monoisotopic (exact) mass is 224 g/mol. The average Bonchev–Trinajstić information content (AvgIpc) is 2.29. The van der Waals surface area contributed by atoms with Gasteiger partial charge < -0.3 is 5.11 Å². The molecule has 0 amide bonds. The maximum atomic E-state index is 10.5. The first-order chi connectivity index (χ1) is 7.59. The van der Waals surface area contributed by atoms with Gasteiger partial charge in [0, 0.05) is 19.5 Å². The van der Waals surface area contributed by atoms with E-state index in [1.165, 1.54) is 0 Å². The van der Waals surface area contributed by atoms with Crippen molar-refractivity contribution in [2.75, 3.05) is 19.6 Å². The van der Waals surface area contributed by atoms with Crippen LogP contribution in [0.15, 0.2) is 0 Å². The van der Waals surface area contributed by atoms with Crippen LogP contribution in [0.4, 0.5) is 0 Å². The van der Waals surface area contributed by atoms with Crippen molar-refractivity contribution >= 4 is 0 Å². The van der Waals surface area contributed by atoms with E-state index in [1.807, 2.05) is 0 Å². The molecule has 0 aromatic carbocycles. The number of nitrogens with zero attached hydrogens (tertiary/aromatic N) is 2. The van der Waals surface area contributed by atoms with Crippen LogP contribution >= 0.6 is 0 Å². The largest absolute Gasteiger partial charge is 0.389 e. The Morgan fingerprint density at radius 3 is 2.56 bits per heavy atom. The van der Waals surface area contributed by atoms with Gasteiger partial charge in [-0.3, -0.25) is 4.90 Å². The van der Waals surface area contributed by atoms with Crippen molar-refractivity contribution in [2.24, 2.45) is 5.92 Å². The second kappa shape index (κ2) is 6.22. The SMILES string of the molecule is CCN(CCC#N)CC1(O)CCC(C)CC1. The molecule has 0 unspecified atom stereocenters. The molecular formula is C13H24N2O. The highest BCUT2D eigenvalue weighted by Crippen LogP contribution is 2.32. The molecule has 0 bridgehead atoms. The maximum Gasteiger partial charge on any atom is 0.0774 e. The van der Waals surface area contributed by atoms with Crippen molar-refractivity contribution in [1.29, 1.82) is 5.26 Å². The van der Waals surface area contributed by atoms with Crippen LogP contribution in [0.2, 0.25) is 0 Å². The first-order valence-corrected chi connectivity index (χ1v) is 6.41. The van der Waals surface area contributed by atoms with Gasteiger partial charge in [0.2, 0.25) is 0 Å². The van der Waals surface area contributed by atoms with E-state index in [9.17, 15) is 5.11 Å². The van der Waals surface area contributed by atoms with Crippen LogP contribution in [-0.2, 0) is 0 Å². The minimum absolute atomic E-state index is 0.502. The predicted octanol–water partition coefficient (Wildman–Crippen LogP) is 2.16. The van der Waals surface area contributed by atoms with Crippen molar-refractivity contribution in [1.82, 2.24) is 4.90 Å². The van der Waals surface area contributed by atoms with Crippen LogP contribution in [0.3, 0.4) is 0 Å². The third-order valence-corrected chi connectivity index (χ3v) is 3.71. The lowest BCUT2D eigenvalue weighted by molar-refractivity contribution is -0.0337. The summed E-state index contributed by atoms with van der Waals surface area (Å²) in [5, 5.41) is 19.0. The zero-order valence-corrected chi connectivity index (χ0v) is 10.6. The average molecular weight is 224 g/mol. The fourth-order valence-electron chi connectivity index (χ4n) is 2.43. The second-order valence-corrected chi connectivity index (χ2v) is 5.18. The van der Waals surface area contributed by atoms with Crippen molar-refractivity contribution in [3.8, 4) is 6.07 Å². The molecule has 16 heavy (non-hydrogen) atoms. The van der Waals surface area contributed by atoms with Gasteiger partial charge in [-0.25, -0.2) is 0 Å². The fourth-order valence-corrected chi connectivity index (χ4v) is 2.43. The Morgan fingerprint density at radius 2 is 2.06 bits per heavy atom. The zero-order chi connectivity index (χ0) is 12.0. The Morgan fingerprint density at radius 1 is 1.44 bits per heavy atom. The van der Waals surface area contributed by atoms with Gasteiger partial charge in [-0.2, -0.15) is 5.26 Å². The number of nitriles is 1. The highest BCUT2D eigenvalue weighted by Gasteiger charge is 2.32. The Labute approximate surface area is 99.1 Å². The summed E-state index contributed by atoms with van der Waals surface area (Å²) in [4.78, 5) is 2.19. The predicted molar refractivity (Wildman–Crippen MR) is 64.9 cm³/mol. The summed E-state index contributed by atoms with van der Waals surface area (Å²) < 4.78 is 0. The lowest BCUT2D eigenvalue weighted by atomic mass is 9.79. The second-order valence-electron chi connectivity index (χ2n) is 5.18. The number of hydrogen-bond acceptors (Lipinski definition) is 3. The maximum absolute atomic E-state index is 10.5. The molecule has 1 N–H and O–H groups in total. The summed E-state index contributed by atoms with van der Waals surface area (Å²) in [6.07, 6.45) is 4.65. The molecule has 0 aliphatic heterocycles.